The first-order valence-electron chi connectivity index (χ1n) is 3.97. The Labute approximate surface area is 63.0 Å². The lowest BCUT2D eigenvalue weighted by Gasteiger charge is -2.30. The molecule has 60 valence electrons. The van der Waals surface area contributed by atoms with Gasteiger partial charge in [0.05, 0.1) is 6.10 Å². The topological polar surface area (TPSA) is 21.3 Å². The summed E-state index contributed by atoms with van der Waals surface area (Å²) < 4.78 is 5.55. The molecule has 2 heteroatoms. The first kappa shape index (κ1) is 8.02. The van der Waals surface area contributed by atoms with E-state index >= 15 is 0 Å². The van der Waals surface area contributed by atoms with E-state index in [2.05, 4.69) is 19.2 Å². The van der Waals surface area contributed by atoms with Gasteiger partial charge in [0.15, 0.2) is 0 Å². The van der Waals surface area contributed by atoms with Crippen molar-refractivity contribution < 1.29 is 4.74 Å². The molecule has 1 saturated heterocycles. The second-order valence-corrected chi connectivity index (χ2v) is 3.47. The Hall–Kier alpha value is -0.0800. The number of likely N-dealkylation sites (N-methyl/N-ethyl adjacent to an activating group) is 1. The van der Waals surface area contributed by atoms with Crippen molar-refractivity contribution >= 4 is 0 Å². The molecule has 2 nitrogen and oxygen atoms in total. The van der Waals surface area contributed by atoms with E-state index in [-0.39, 0.29) is 5.54 Å². The lowest BCUT2D eigenvalue weighted by Crippen LogP contribution is -2.47. The summed E-state index contributed by atoms with van der Waals surface area (Å²) >= 11 is 0. The highest BCUT2D eigenvalue weighted by Crippen LogP contribution is 2.22. The Bertz CT molecular complexity index is 106. The molecule has 1 heterocycles. The van der Waals surface area contributed by atoms with Crippen LogP contribution in [0.15, 0.2) is 0 Å². The van der Waals surface area contributed by atoms with Gasteiger partial charge >= 0.3 is 0 Å². The van der Waals surface area contributed by atoms with Crippen molar-refractivity contribution in [2.45, 2.75) is 38.3 Å². The van der Waals surface area contributed by atoms with Crippen molar-refractivity contribution in [3.05, 3.63) is 0 Å². The Morgan fingerprint density at radius 1 is 1.50 bits per heavy atom. The van der Waals surface area contributed by atoms with Gasteiger partial charge in [-0.3, -0.25) is 0 Å². The Morgan fingerprint density at radius 2 is 2.20 bits per heavy atom. The second kappa shape index (κ2) is 2.89. The van der Waals surface area contributed by atoms with Crippen LogP contribution in [0, 0.1) is 0 Å². The molecule has 10 heavy (non-hydrogen) atoms. The largest absolute Gasteiger partial charge is 0.376 e. The predicted molar refractivity (Wildman–Crippen MR) is 42.1 cm³/mol. The SMILES string of the molecule is CNC(C)(C)C1CCCO1. The van der Waals surface area contributed by atoms with Crippen molar-refractivity contribution in [3.63, 3.8) is 0 Å². The van der Waals surface area contributed by atoms with Crippen LogP contribution in [0.4, 0.5) is 0 Å². The highest BCUT2D eigenvalue weighted by molar-refractivity contribution is 4.87. The molecule has 1 rings (SSSR count). The summed E-state index contributed by atoms with van der Waals surface area (Å²) in [6.45, 7) is 5.31. The summed E-state index contributed by atoms with van der Waals surface area (Å²) in [6, 6.07) is 0. The maximum atomic E-state index is 5.55. The number of rotatable bonds is 2. The molecule has 1 aliphatic rings. The molecule has 0 amide bonds. The minimum Gasteiger partial charge on any atom is -0.376 e. The average molecular weight is 143 g/mol. The summed E-state index contributed by atoms with van der Waals surface area (Å²) in [4.78, 5) is 0. The third kappa shape index (κ3) is 1.50. The number of ether oxygens (including phenoxy) is 1. The summed E-state index contributed by atoms with van der Waals surface area (Å²) in [5, 5.41) is 3.26. The highest BCUT2D eigenvalue weighted by atomic mass is 16.5. The van der Waals surface area contributed by atoms with Crippen LogP contribution in [0.1, 0.15) is 26.7 Å². The molecular weight excluding hydrogens is 126 g/mol. The van der Waals surface area contributed by atoms with Gasteiger partial charge in [-0.05, 0) is 33.7 Å². The third-order valence-corrected chi connectivity index (χ3v) is 2.38. The summed E-state index contributed by atoms with van der Waals surface area (Å²) in [5.74, 6) is 0. The molecule has 1 atom stereocenters. The molecule has 1 fully saturated rings. The van der Waals surface area contributed by atoms with Gasteiger partial charge in [0, 0.05) is 12.1 Å². The van der Waals surface area contributed by atoms with Crippen molar-refractivity contribution in [3.8, 4) is 0 Å². The molecule has 0 bridgehead atoms. The van der Waals surface area contributed by atoms with Crippen molar-refractivity contribution in [1.82, 2.24) is 5.32 Å². The zero-order valence-corrected chi connectivity index (χ0v) is 7.11. The van der Waals surface area contributed by atoms with E-state index in [4.69, 9.17) is 4.74 Å². The van der Waals surface area contributed by atoms with Crippen LogP contribution in [0.2, 0.25) is 0 Å². The van der Waals surface area contributed by atoms with Crippen LogP contribution in [-0.2, 0) is 4.74 Å². The fourth-order valence-electron chi connectivity index (χ4n) is 1.31. The highest BCUT2D eigenvalue weighted by Gasteiger charge is 2.30. The molecule has 1 aliphatic heterocycles. The lowest BCUT2D eigenvalue weighted by molar-refractivity contribution is 0.0473. The monoisotopic (exact) mass is 143 g/mol. The zero-order chi connectivity index (χ0) is 7.61. The Balaban J connectivity index is 2.45. The molecule has 0 radical (unpaired) electrons. The molecule has 0 aliphatic carbocycles. The minimum absolute atomic E-state index is 0.149. The molecule has 1 unspecified atom stereocenters. The van der Waals surface area contributed by atoms with Gasteiger partial charge < -0.3 is 10.1 Å². The third-order valence-electron chi connectivity index (χ3n) is 2.38. The van der Waals surface area contributed by atoms with Crippen LogP contribution >= 0.6 is 0 Å². The number of hydrogen-bond acceptors (Lipinski definition) is 2. The maximum Gasteiger partial charge on any atom is 0.0751 e. The van der Waals surface area contributed by atoms with E-state index in [9.17, 15) is 0 Å². The van der Waals surface area contributed by atoms with Gasteiger partial charge in [-0.15, -0.1) is 0 Å². The fourth-order valence-corrected chi connectivity index (χ4v) is 1.31. The van der Waals surface area contributed by atoms with E-state index in [0.29, 0.717) is 6.10 Å². The zero-order valence-electron chi connectivity index (χ0n) is 7.11. The lowest BCUT2D eigenvalue weighted by atomic mass is 9.95. The van der Waals surface area contributed by atoms with Crippen LogP contribution in [-0.4, -0.2) is 25.3 Å². The molecule has 0 saturated carbocycles. The molecule has 1 N–H and O–H groups in total. The van der Waals surface area contributed by atoms with Crippen molar-refractivity contribution in [2.75, 3.05) is 13.7 Å². The van der Waals surface area contributed by atoms with Gasteiger partial charge in [-0.2, -0.15) is 0 Å². The summed E-state index contributed by atoms with van der Waals surface area (Å²) in [5.41, 5.74) is 0.149. The first-order valence-corrected chi connectivity index (χ1v) is 3.97. The molecular formula is C8H17NO. The predicted octanol–water partition coefficient (Wildman–Crippen LogP) is 1.16. The summed E-state index contributed by atoms with van der Waals surface area (Å²) in [7, 11) is 1.99. The van der Waals surface area contributed by atoms with Gasteiger partial charge in [-0.25, -0.2) is 0 Å². The molecule has 0 aromatic heterocycles. The van der Waals surface area contributed by atoms with Crippen LogP contribution in [0.3, 0.4) is 0 Å². The van der Waals surface area contributed by atoms with E-state index in [1.165, 1.54) is 12.8 Å². The van der Waals surface area contributed by atoms with Gasteiger partial charge in [-0.1, -0.05) is 0 Å². The van der Waals surface area contributed by atoms with Crippen molar-refractivity contribution in [2.24, 2.45) is 0 Å². The van der Waals surface area contributed by atoms with E-state index in [1.54, 1.807) is 0 Å². The van der Waals surface area contributed by atoms with E-state index in [1.807, 2.05) is 7.05 Å². The van der Waals surface area contributed by atoms with E-state index < -0.39 is 0 Å². The van der Waals surface area contributed by atoms with Gasteiger partial charge in [0.25, 0.3) is 0 Å². The normalized spacial score (nSPS) is 27.3. The number of nitrogens with one attached hydrogen (secondary N) is 1. The van der Waals surface area contributed by atoms with Crippen LogP contribution in [0.25, 0.3) is 0 Å². The smallest absolute Gasteiger partial charge is 0.0751 e. The second-order valence-electron chi connectivity index (χ2n) is 3.47. The fraction of sp³-hybridized carbons (Fsp3) is 1.00. The van der Waals surface area contributed by atoms with Crippen molar-refractivity contribution in [1.29, 1.82) is 0 Å². The first-order chi connectivity index (χ1) is 4.67. The molecule has 0 aromatic carbocycles. The molecule has 0 aromatic rings. The quantitative estimate of drug-likeness (QED) is 0.626. The summed E-state index contributed by atoms with van der Waals surface area (Å²) in [6.07, 6.45) is 2.83. The van der Waals surface area contributed by atoms with E-state index in [0.717, 1.165) is 6.61 Å². The minimum atomic E-state index is 0.149. The van der Waals surface area contributed by atoms with Gasteiger partial charge in [0.1, 0.15) is 0 Å². The Morgan fingerprint density at radius 3 is 2.60 bits per heavy atom. The van der Waals surface area contributed by atoms with Gasteiger partial charge in [0.2, 0.25) is 0 Å². The molecule has 0 spiro atoms. The average Bonchev–Trinajstić information content (AvgIpc) is 2.38. The van der Waals surface area contributed by atoms with Crippen LogP contribution in [0.5, 0.6) is 0 Å². The van der Waals surface area contributed by atoms with Crippen LogP contribution < -0.4 is 5.32 Å². The Kier molecular flexibility index (Phi) is 2.32. The number of hydrogen-bond donors (Lipinski definition) is 1. The maximum absolute atomic E-state index is 5.55. The standard InChI is InChI=1S/C8H17NO/c1-8(2,9-3)7-5-4-6-10-7/h7,9H,4-6H2,1-3H3.